The van der Waals surface area contributed by atoms with E-state index in [9.17, 15) is 4.21 Å². The molecule has 0 spiro atoms. The number of aryl methyl sites for hydroxylation is 1. The van der Waals surface area contributed by atoms with E-state index >= 15 is 0 Å². The monoisotopic (exact) mass is 306 g/mol. The first-order valence-corrected chi connectivity index (χ1v) is 8.79. The standard InChI is InChI=1S/C16H22N2O2S/c1-4-15-17-18-16(20-15)11-21(19)10-14-7-5-13(6-8-14)9-12(2)3/h5-8,12H,4,9-11H2,1-3H3. The molecule has 0 saturated carbocycles. The van der Waals surface area contributed by atoms with Gasteiger partial charge in [0.1, 0.15) is 5.75 Å². The molecule has 21 heavy (non-hydrogen) atoms. The van der Waals surface area contributed by atoms with Gasteiger partial charge in [0.05, 0.1) is 0 Å². The van der Waals surface area contributed by atoms with Crippen molar-refractivity contribution in [2.24, 2.45) is 5.92 Å². The summed E-state index contributed by atoms with van der Waals surface area (Å²) in [4.78, 5) is 0. The van der Waals surface area contributed by atoms with Crippen LogP contribution in [0.4, 0.5) is 0 Å². The Morgan fingerprint density at radius 3 is 2.24 bits per heavy atom. The highest BCUT2D eigenvalue weighted by Crippen LogP contribution is 2.13. The largest absolute Gasteiger partial charge is 0.424 e. The van der Waals surface area contributed by atoms with Gasteiger partial charge < -0.3 is 4.42 Å². The summed E-state index contributed by atoms with van der Waals surface area (Å²) >= 11 is 0. The van der Waals surface area contributed by atoms with Crippen molar-refractivity contribution >= 4 is 10.8 Å². The summed E-state index contributed by atoms with van der Waals surface area (Å²) in [6.07, 6.45) is 1.78. The molecule has 0 saturated heterocycles. The Morgan fingerprint density at radius 1 is 1.05 bits per heavy atom. The fourth-order valence-corrected chi connectivity index (χ4v) is 3.17. The van der Waals surface area contributed by atoms with Crippen molar-refractivity contribution in [3.8, 4) is 0 Å². The van der Waals surface area contributed by atoms with Crippen molar-refractivity contribution in [2.45, 2.75) is 45.1 Å². The lowest BCUT2D eigenvalue weighted by molar-refractivity contribution is 0.468. The maximum Gasteiger partial charge on any atom is 0.229 e. The van der Waals surface area contributed by atoms with E-state index in [0.29, 0.717) is 35.6 Å². The first kappa shape index (κ1) is 15.9. The molecule has 0 amide bonds. The highest BCUT2D eigenvalue weighted by Gasteiger charge is 2.10. The fourth-order valence-electron chi connectivity index (χ4n) is 2.11. The van der Waals surface area contributed by atoms with Gasteiger partial charge in [0, 0.05) is 23.0 Å². The predicted octanol–water partition coefficient (Wildman–Crippen LogP) is 3.28. The summed E-state index contributed by atoms with van der Waals surface area (Å²) in [6.45, 7) is 6.36. The Labute approximate surface area is 128 Å². The summed E-state index contributed by atoms with van der Waals surface area (Å²) < 4.78 is 17.5. The number of rotatable bonds is 7. The molecule has 1 unspecified atom stereocenters. The maximum absolute atomic E-state index is 12.1. The Morgan fingerprint density at radius 2 is 1.67 bits per heavy atom. The second-order valence-electron chi connectivity index (χ2n) is 5.59. The van der Waals surface area contributed by atoms with Crippen LogP contribution in [0.5, 0.6) is 0 Å². The Bertz CT molecular complexity index is 591. The van der Waals surface area contributed by atoms with Gasteiger partial charge in [-0.3, -0.25) is 4.21 Å². The Balaban J connectivity index is 1.90. The SMILES string of the molecule is CCc1nnc(CS(=O)Cc2ccc(CC(C)C)cc2)o1. The lowest BCUT2D eigenvalue weighted by Gasteiger charge is -2.06. The van der Waals surface area contributed by atoms with Gasteiger partial charge in [-0.25, -0.2) is 0 Å². The molecular formula is C16H22N2O2S. The van der Waals surface area contributed by atoms with Crippen LogP contribution in [0, 0.1) is 5.92 Å². The second kappa shape index (κ2) is 7.50. The molecular weight excluding hydrogens is 284 g/mol. The molecule has 0 aliphatic rings. The van der Waals surface area contributed by atoms with Gasteiger partial charge in [0.2, 0.25) is 11.8 Å². The van der Waals surface area contributed by atoms with Crippen molar-refractivity contribution < 1.29 is 8.63 Å². The molecule has 0 aliphatic heterocycles. The van der Waals surface area contributed by atoms with Crippen LogP contribution in [-0.4, -0.2) is 14.4 Å². The molecule has 1 atom stereocenters. The molecule has 2 rings (SSSR count). The third-order valence-corrected chi connectivity index (χ3v) is 4.31. The third-order valence-electron chi connectivity index (χ3n) is 3.09. The van der Waals surface area contributed by atoms with Crippen molar-refractivity contribution in [2.75, 3.05) is 0 Å². The number of nitrogens with zero attached hydrogens (tertiary/aromatic N) is 2. The molecule has 0 radical (unpaired) electrons. The molecule has 1 aromatic heterocycles. The third kappa shape index (κ3) is 5.08. The quantitative estimate of drug-likeness (QED) is 0.787. The van der Waals surface area contributed by atoms with E-state index in [4.69, 9.17) is 4.42 Å². The van der Waals surface area contributed by atoms with Crippen LogP contribution >= 0.6 is 0 Å². The number of benzene rings is 1. The molecule has 4 nitrogen and oxygen atoms in total. The first-order valence-electron chi connectivity index (χ1n) is 7.31. The summed E-state index contributed by atoms with van der Waals surface area (Å²) in [6, 6.07) is 8.35. The van der Waals surface area contributed by atoms with E-state index in [1.165, 1.54) is 5.56 Å². The number of hydrogen-bond acceptors (Lipinski definition) is 4. The minimum Gasteiger partial charge on any atom is -0.424 e. The fraction of sp³-hybridized carbons (Fsp3) is 0.500. The molecule has 0 bridgehead atoms. The highest BCUT2D eigenvalue weighted by atomic mass is 32.2. The second-order valence-corrected chi connectivity index (χ2v) is 7.04. The van der Waals surface area contributed by atoms with Crippen molar-refractivity contribution in [3.05, 3.63) is 47.2 Å². The van der Waals surface area contributed by atoms with E-state index in [0.717, 1.165) is 12.0 Å². The smallest absolute Gasteiger partial charge is 0.229 e. The maximum atomic E-state index is 12.1. The lowest BCUT2D eigenvalue weighted by atomic mass is 10.0. The number of hydrogen-bond donors (Lipinski definition) is 0. The van der Waals surface area contributed by atoms with Crippen LogP contribution in [0.2, 0.25) is 0 Å². The molecule has 114 valence electrons. The van der Waals surface area contributed by atoms with E-state index in [1.807, 2.05) is 6.92 Å². The zero-order chi connectivity index (χ0) is 15.2. The van der Waals surface area contributed by atoms with Gasteiger partial charge in [-0.2, -0.15) is 0 Å². The topological polar surface area (TPSA) is 56.0 Å². The zero-order valence-corrected chi connectivity index (χ0v) is 13.7. The van der Waals surface area contributed by atoms with E-state index in [1.54, 1.807) is 0 Å². The average Bonchev–Trinajstić information content (AvgIpc) is 2.88. The van der Waals surface area contributed by atoms with E-state index < -0.39 is 10.8 Å². The summed E-state index contributed by atoms with van der Waals surface area (Å²) in [5, 5.41) is 7.79. The van der Waals surface area contributed by atoms with Crippen LogP contribution in [0.25, 0.3) is 0 Å². The molecule has 0 aliphatic carbocycles. The lowest BCUT2D eigenvalue weighted by Crippen LogP contribution is -2.00. The van der Waals surface area contributed by atoms with Crippen molar-refractivity contribution in [3.63, 3.8) is 0 Å². The molecule has 1 heterocycles. The van der Waals surface area contributed by atoms with Crippen LogP contribution in [0.1, 0.15) is 43.7 Å². The first-order chi connectivity index (χ1) is 10.1. The summed E-state index contributed by atoms with van der Waals surface area (Å²) in [5.41, 5.74) is 2.40. The normalized spacial score (nSPS) is 12.8. The van der Waals surface area contributed by atoms with Crippen LogP contribution in [-0.2, 0) is 35.1 Å². The van der Waals surface area contributed by atoms with Crippen LogP contribution in [0.3, 0.4) is 0 Å². The number of aromatic nitrogens is 2. The minimum atomic E-state index is -1.02. The molecule has 1 aromatic carbocycles. The van der Waals surface area contributed by atoms with Gasteiger partial charge >= 0.3 is 0 Å². The molecule has 0 N–H and O–H groups in total. The van der Waals surface area contributed by atoms with E-state index in [2.05, 4.69) is 48.3 Å². The van der Waals surface area contributed by atoms with Crippen molar-refractivity contribution in [1.29, 1.82) is 0 Å². The summed E-state index contributed by atoms with van der Waals surface area (Å²) in [7, 11) is -1.02. The van der Waals surface area contributed by atoms with Crippen molar-refractivity contribution in [1.82, 2.24) is 10.2 Å². The van der Waals surface area contributed by atoms with Crippen LogP contribution < -0.4 is 0 Å². The predicted molar refractivity (Wildman–Crippen MR) is 84.2 cm³/mol. The average molecular weight is 306 g/mol. The van der Waals surface area contributed by atoms with Crippen LogP contribution in [0.15, 0.2) is 28.7 Å². The minimum absolute atomic E-state index is 0.320. The van der Waals surface area contributed by atoms with Gasteiger partial charge in [0.15, 0.2) is 0 Å². The Hall–Kier alpha value is -1.49. The Kier molecular flexibility index (Phi) is 5.67. The van der Waals surface area contributed by atoms with Gasteiger partial charge in [-0.05, 0) is 23.5 Å². The zero-order valence-electron chi connectivity index (χ0n) is 12.8. The van der Waals surface area contributed by atoms with Gasteiger partial charge in [0.25, 0.3) is 0 Å². The van der Waals surface area contributed by atoms with E-state index in [-0.39, 0.29) is 0 Å². The van der Waals surface area contributed by atoms with Gasteiger partial charge in [-0.1, -0.05) is 45.0 Å². The van der Waals surface area contributed by atoms with Gasteiger partial charge in [-0.15, -0.1) is 10.2 Å². The highest BCUT2D eigenvalue weighted by molar-refractivity contribution is 7.83. The summed E-state index contributed by atoms with van der Waals surface area (Å²) in [5.74, 6) is 2.55. The molecule has 0 fully saturated rings. The molecule has 2 aromatic rings. The molecule has 5 heteroatoms.